The number of sulfonamides is 1. The van der Waals surface area contributed by atoms with Gasteiger partial charge in [0.05, 0.1) is 12.6 Å². The van der Waals surface area contributed by atoms with Crippen molar-refractivity contribution >= 4 is 21.4 Å². The summed E-state index contributed by atoms with van der Waals surface area (Å²) in [5, 5.41) is 2.99. The lowest BCUT2D eigenvalue weighted by Crippen LogP contribution is -2.23. The third-order valence-corrected chi connectivity index (χ3v) is 5.02. The Labute approximate surface area is 128 Å². The molecule has 21 heavy (non-hydrogen) atoms. The largest absolute Gasteiger partial charge is 0.495 e. The molecule has 0 aliphatic carbocycles. The van der Waals surface area contributed by atoms with Crippen LogP contribution >= 0.6 is 11.3 Å². The summed E-state index contributed by atoms with van der Waals surface area (Å²) in [6.07, 6.45) is 1.64. The quantitative estimate of drug-likeness (QED) is 0.802. The van der Waals surface area contributed by atoms with Gasteiger partial charge in [-0.05, 0) is 24.7 Å². The molecule has 0 spiro atoms. The Morgan fingerprint density at radius 2 is 2.14 bits per heavy atom. The van der Waals surface area contributed by atoms with Crippen LogP contribution in [0.15, 0.2) is 34.8 Å². The number of nitrogens with one attached hydrogen (secondary N) is 2. The highest BCUT2D eigenvalue weighted by Gasteiger charge is 2.20. The number of hydrogen-bond acceptors (Lipinski definition) is 6. The Morgan fingerprint density at radius 3 is 2.76 bits per heavy atom. The maximum Gasteiger partial charge on any atom is 0.244 e. The van der Waals surface area contributed by atoms with Crippen LogP contribution in [0, 0.1) is 0 Å². The second-order valence-electron chi connectivity index (χ2n) is 4.31. The van der Waals surface area contributed by atoms with Crippen molar-refractivity contribution in [3.8, 4) is 5.75 Å². The van der Waals surface area contributed by atoms with Gasteiger partial charge in [0.2, 0.25) is 10.0 Å². The summed E-state index contributed by atoms with van der Waals surface area (Å²) in [5.74, 6) is 0.326. The molecule has 2 rings (SSSR count). The van der Waals surface area contributed by atoms with E-state index in [1.54, 1.807) is 30.9 Å². The first kappa shape index (κ1) is 15.9. The second kappa shape index (κ2) is 6.99. The molecule has 0 bridgehead atoms. The SMILES string of the molecule is CNCc1ccc(OC)c(S(=O)(=O)NCc2cncs2)c1. The highest BCUT2D eigenvalue weighted by Crippen LogP contribution is 2.25. The maximum atomic E-state index is 12.4. The van der Waals surface area contributed by atoms with Crippen molar-refractivity contribution in [2.24, 2.45) is 0 Å². The van der Waals surface area contributed by atoms with E-state index in [0.717, 1.165) is 10.4 Å². The third kappa shape index (κ3) is 4.01. The summed E-state index contributed by atoms with van der Waals surface area (Å²) >= 11 is 1.40. The van der Waals surface area contributed by atoms with Crippen LogP contribution in [0.2, 0.25) is 0 Å². The minimum absolute atomic E-state index is 0.141. The highest BCUT2D eigenvalue weighted by molar-refractivity contribution is 7.89. The highest BCUT2D eigenvalue weighted by atomic mass is 32.2. The van der Waals surface area contributed by atoms with E-state index in [1.165, 1.54) is 18.4 Å². The van der Waals surface area contributed by atoms with Gasteiger partial charge in [-0.2, -0.15) is 0 Å². The summed E-state index contributed by atoms with van der Waals surface area (Å²) < 4.78 is 32.6. The Bertz CT molecular complexity index is 685. The number of thiazole rings is 1. The molecule has 114 valence electrons. The normalized spacial score (nSPS) is 11.5. The van der Waals surface area contributed by atoms with Crippen LogP contribution in [0.5, 0.6) is 5.75 Å². The van der Waals surface area contributed by atoms with Crippen LogP contribution in [0.1, 0.15) is 10.4 Å². The predicted octanol–water partition coefficient (Wildman–Crippen LogP) is 1.35. The zero-order valence-corrected chi connectivity index (χ0v) is 13.4. The van der Waals surface area contributed by atoms with Crippen molar-refractivity contribution in [1.82, 2.24) is 15.0 Å². The Balaban J connectivity index is 2.26. The molecular weight excluding hydrogens is 310 g/mol. The lowest BCUT2D eigenvalue weighted by Gasteiger charge is -2.12. The van der Waals surface area contributed by atoms with E-state index in [1.807, 2.05) is 6.07 Å². The molecule has 0 atom stereocenters. The monoisotopic (exact) mass is 327 g/mol. The standard InChI is InChI=1S/C13H17N3O3S2/c1-14-6-10-3-4-12(19-2)13(5-10)21(17,18)16-8-11-7-15-9-20-11/h3-5,7,9,14,16H,6,8H2,1-2H3. The number of benzene rings is 1. The number of hydrogen-bond donors (Lipinski definition) is 2. The van der Waals surface area contributed by atoms with E-state index in [9.17, 15) is 8.42 Å². The van der Waals surface area contributed by atoms with Gasteiger partial charge >= 0.3 is 0 Å². The summed E-state index contributed by atoms with van der Waals surface area (Å²) in [5.41, 5.74) is 2.54. The number of methoxy groups -OCH3 is 1. The zero-order chi connectivity index (χ0) is 15.3. The predicted molar refractivity (Wildman–Crippen MR) is 81.9 cm³/mol. The number of nitrogens with zero attached hydrogens (tertiary/aromatic N) is 1. The molecule has 0 aliphatic rings. The van der Waals surface area contributed by atoms with Gasteiger partial charge in [-0.15, -0.1) is 11.3 Å². The van der Waals surface area contributed by atoms with Crippen molar-refractivity contribution in [2.45, 2.75) is 18.0 Å². The number of aromatic nitrogens is 1. The molecule has 2 N–H and O–H groups in total. The summed E-state index contributed by atoms with van der Waals surface area (Å²) in [6.45, 7) is 0.799. The average molecular weight is 327 g/mol. The van der Waals surface area contributed by atoms with E-state index in [4.69, 9.17) is 4.74 Å². The summed E-state index contributed by atoms with van der Waals surface area (Å²) in [7, 11) is -0.384. The van der Waals surface area contributed by atoms with Crippen molar-refractivity contribution in [1.29, 1.82) is 0 Å². The molecule has 0 saturated carbocycles. The molecule has 0 fully saturated rings. The molecule has 0 radical (unpaired) electrons. The minimum atomic E-state index is -3.64. The van der Waals surface area contributed by atoms with Gasteiger partial charge in [-0.3, -0.25) is 4.98 Å². The van der Waals surface area contributed by atoms with E-state index >= 15 is 0 Å². The first-order valence-electron chi connectivity index (χ1n) is 6.25. The summed E-state index contributed by atoms with van der Waals surface area (Å²) in [6, 6.07) is 5.11. The molecule has 2 aromatic rings. The molecule has 6 nitrogen and oxygen atoms in total. The lowest BCUT2D eigenvalue weighted by molar-refractivity contribution is 0.402. The van der Waals surface area contributed by atoms with Gasteiger partial charge in [-0.1, -0.05) is 6.07 Å². The fraction of sp³-hybridized carbons (Fsp3) is 0.308. The zero-order valence-electron chi connectivity index (χ0n) is 11.8. The fourth-order valence-corrected chi connectivity index (χ4v) is 3.67. The van der Waals surface area contributed by atoms with Crippen LogP contribution in [0.4, 0.5) is 0 Å². The Kier molecular flexibility index (Phi) is 5.29. The maximum absolute atomic E-state index is 12.4. The topological polar surface area (TPSA) is 80.3 Å². The van der Waals surface area contributed by atoms with E-state index in [0.29, 0.717) is 12.3 Å². The van der Waals surface area contributed by atoms with Gasteiger partial charge in [-0.25, -0.2) is 13.1 Å². The molecule has 8 heteroatoms. The second-order valence-corrected chi connectivity index (χ2v) is 7.01. The van der Waals surface area contributed by atoms with Gasteiger partial charge < -0.3 is 10.1 Å². The molecule has 1 heterocycles. The van der Waals surface area contributed by atoms with Gasteiger partial charge in [0.15, 0.2) is 0 Å². The van der Waals surface area contributed by atoms with Crippen LogP contribution in [-0.2, 0) is 23.1 Å². The van der Waals surface area contributed by atoms with Gasteiger partial charge in [0.25, 0.3) is 0 Å². The van der Waals surface area contributed by atoms with Gasteiger partial charge in [0.1, 0.15) is 10.6 Å². The fourth-order valence-electron chi connectivity index (χ4n) is 1.82. The van der Waals surface area contributed by atoms with Crippen LogP contribution in [0.3, 0.4) is 0 Å². The number of ether oxygens (including phenoxy) is 1. The van der Waals surface area contributed by atoms with E-state index < -0.39 is 10.0 Å². The molecule has 1 aromatic carbocycles. The molecule has 0 amide bonds. The van der Waals surface area contributed by atoms with Crippen molar-refractivity contribution < 1.29 is 13.2 Å². The van der Waals surface area contributed by atoms with Crippen LogP contribution in [0.25, 0.3) is 0 Å². The third-order valence-electron chi connectivity index (χ3n) is 2.82. The average Bonchev–Trinajstić information content (AvgIpc) is 2.99. The molecule has 0 aliphatic heterocycles. The Morgan fingerprint density at radius 1 is 1.33 bits per heavy atom. The Hall–Kier alpha value is -1.48. The van der Waals surface area contributed by atoms with E-state index in [-0.39, 0.29) is 11.4 Å². The first-order valence-corrected chi connectivity index (χ1v) is 8.61. The lowest BCUT2D eigenvalue weighted by atomic mass is 10.2. The smallest absolute Gasteiger partial charge is 0.244 e. The molecule has 1 aromatic heterocycles. The van der Waals surface area contributed by atoms with Crippen molar-refractivity contribution in [3.63, 3.8) is 0 Å². The molecule has 0 saturated heterocycles. The first-order chi connectivity index (χ1) is 10.1. The summed E-state index contributed by atoms with van der Waals surface area (Å²) in [4.78, 5) is 4.91. The van der Waals surface area contributed by atoms with Crippen LogP contribution < -0.4 is 14.8 Å². The van der Waals surface area contributed by atoms with Crippen molar-refractivity contribution in [3.05, 3.63) is 40.3 Å². The van der Waals surface area contributed by atoms with E-state index in [2.05, 4.69) is 15.0 Å². The van der Waals surface area contributed by atoms with Crippen molar-refractivity contribution in [2.75, 3.05) is 14.2 Å². The van der Waals surface area contributed by atoms with Gasteiger partial charge in [0, 0.05) is 24.2 Å². The number of rotatable bonds is 7. The molecule has 0 unspecified atom stereocenters. The molecular formula is C13H17N3O3S2. The van der Waals surface area contributed by atoms with Crippen LogP contribution in [-0.4, -0.2) is 27.6 Å². The minimum Gasteiger partial charge on any atom is -0.495 e.